The number of nitrogens with one attached hydrogen (secondary N) is 1. The van der Waals surface area contributed by atoms with E-state index in [9.17, 15) is 0 Å². The zero-order valence-electron chi connectivity index (χ0n) is 12.2. The lowest BCUT2D eigenvalue weighted by atomic mass is 10.1. The highest BCUT2D eigenvalue weighted by molar-refractivity contribution is 7.99. The molecule has 1 aliphatic carbocycles. The fraction of sp³-hybridized carbons (Fsp3) is 0.562. The van der Waals surface area contributed by atoms with Crippen LogP contribution >= 0.6 is 11.8 Å². The van der Waals surface area contributed by atoms with Crippen LogP contribution in [0.1, 0.15) is 37.3 Å². The third kappa shape index (κ3) is 3.91. The standard InChI is InChI=1S/C16H22N2OS/c1-3-20-15-7-6-14(9-15)18-11-12-4-5-13(10-17)16(8-12)19-2/h4-5,8,14-15,18H,3,6-7,9,11H2,1-2H3. The monoisotopic (exact) mass is 290 g/mol. The lowest BCUT2D eigenvalue weighted by Gasteiger charge is -2.14. The molecule has 1 aromatic carbocycles. The van der Waals surface area contributed by atoms with Crippen LogP contribution in [-0.4, -0.2) is 24.2 Å². The first-order valence-corrected chi connectivity index (χ1v) is 8.23. The van der Waals surface area contributed by atoms with Gasteiger partial charge in [-0.25, -0.2) is 0 Å². The third-order valence-corrected chi connectivity index (χ3v) is 5.00. The van der Waals surface area contributed by atoms with Gasteiger partial charge in [-0.1, -0.05) is 13.0 Å². The van der Waals surface area contributed by atoms with E-state index in [0.29, 0.717) is 17.4 Å². The van der Waals surface area contributed by atoms with Crippen molar-refractivity contribution < 1.29 is 4.74 Å². The maximum absolute atomic E-state index is 8.97. The van der Waals surface area contributed by atoms with Gasteiger partial charge < -0.3 is 10.1 Å². The molecular weight excluding hydrogens is 268 g/mol. The second kappa shape index (κ2) is 7.56. The molecule has 1 saturated carbocycles. The largest absolute Gasteiger partial charge is 0.495 e. The van der Waals surface area contributed by atoms with Crippen LogP contribution in [0.3, 0.4) is 0 Å². The molecule has 1 N–H and O–H groups in total. The molecule has 0 aromatic heterocycles. The van der Waals surface area contributed by atoms with Crippen molar-refractivity contribution in [2.45, 2.75) is 44.0 Å². The van der Waals surface area contributed by atoms with E-state index in [2.05, 4.69) is 30.1 Å². The molecule has 0 amide bonds. The Labute approximate surface area is 125 Å². The van der Waals surface area contributed by atoms with E-state index in [4.69, 9.17) is 10.00 Å². The average Bonchev–Trinajstić information content (AvgIpc) is 2.93. The number of rotatable bonds is 6. The van der Waals surface area contributed by atoms with Crippen molar-refractivity contribution in [3.05, 3.63) is 29.3 Å². The Bertz CT molecular complexity index is 484. The smallest absolute Gasteiger partial charge is 0.136 e. The normalized spacial score (nSPS) is 21.6. The highest BCUT2D eigenvalue weighted by Gasteiger charge is 2.23. The molecule has 0 heterocycles. The van der Waals surface area contributed by atoms with E-state index in [0.717, 1.165) is 11.8 Å². The molecule has 1 aliphatic rings. The number of ether oxygens (including phenoxy) is 1. The molecule has 1 fully saturated rings. The summed E-state index contributed by atoms with van der Waals surface area (Å²) >= 11 is 2.08. The molecule has 0 saturated heterocycles. The van der Waals surface area contributed by atoms with Crippen LogP contribution in [-0.2, 0) is 6.54 Å². The van der Waals surface area contributed by atoms with Gasteiger partial charge in [0.2, 0.25) is 0 Å². The van der Waals surface area contributed by atoms with Crippen molar-refractivity contribution >= 4 is 11.8 Å². The number of hydrogen-bond acceptors (Lipinski definition) is 4. The van der Waals surface area contributed by atoms with Gasteiger partial charge in [-0.2, -0.15) is 17.0 Å². The summed E-state index contributed by atoms with van der Waals surface area (Å²) in [6.45, 7) is 3.07. The van der Waals surface area contributed by atoms with Crippen LogP contribution in [0.2, 0.25) is 0 Å². The molecule has 0 radical (unpaired) electrons. The topological polar surface area (TPSA) is 45.0 Å². The van der Waals surface area contributed by atoms with Gasteiger partial charge in [-0.05, 0) is 42.7 Å². The minimum Gasteiger partial charge on any atom is -0.495 e. The summed E-state index contributed by atoms with van der Waals surface area (Å²) in [5.74, 6) is 1.88. The Morgan fingerprint density at radius 2 is 2.30 bits per heavy atom. The number of methoxy groups -OCH3 is 1. The fourth-order valence-corrected chi connectivity index (χ4v) is 3.86. The van der Waals surface area contributed by atoms with Gasteiger partial charge in [0, 0.05) is 17.8 Å². The van der Waals surface area contributed by atoms with Gasteiger partial charge in [0.05, 0.1) is 12.7 Å². The minimum atomic E-state index is 0.594. The third-order valence-electron chi connectivity index (χ3n) is 3.77. The second-order valence-corrected chi connectivity index (χ2v) is 6.69. The Morgan fingerprint density at radius 1 is 1.45 bits per heavy atom. The maximum atomic E-state index is 8.97. The number of nitrogens with zero attached hydrogens (tertiary/aromatic N) is 1. The number of hydrogen-bond donors (Lipinski definition) is 1. The minimum absolute atomic E-state index is 0.594. The molecule has 1 aromatic rings. The van der Waals surface area contributed by atoms with Gasteiger partial charge in [0.15, 0.2) is 0 Å². The quantitative estimate of drug-likeness (QED) is 0.873. The second-order valence-electron chi connectivity index (χ2n) is 5.11. The molecule has 2 atom stereocenters. The molecule has 0 spiro atoms. The number of nitriles is 1. The summed E-state index contributed by atoms with van der Waals surface area (Å²) in [6, 6.07) is 8.56. The zero-order chi connectivity index (χ0) is 14.4. The molecule has 0 aliphatic heterocycles. The van der Waals surface area contributed by atoms with Crippen molar-refractivity contribution in [3.8, 4) is 11.8 Å². The first kappa shape index (κ1) is 15.2. The first-order chi connectivity index (χ1) is 9.76. The predicted octanol–water partition coefficient (Wildman–Crippen LogP) is 3.33. The Hall–Kier alpha value is -1.18. The van der Waals surface area contributed by atoms with Crippen LogP contribution in [0.5, 0.6) is 5.75 Å². The van der Waals surface area contributed by atoms with Crippen LogP contribution in [0.15, 0.2) is 18.2 Å². The van der Waals surface area contributed by atoms with Crippen molar-refractivity contribution in [1.29, 1.82) is 5.26 Å². The zero-order valence-corrected chi connectivity index (χ0v) is 13.0. The fourth-order valence-electron chi connectivity index (χ4n) is 2.71. The highest BCUT2D eigenvalue weighted by Crippen LogP contribution is 2.30. The van der Waals surface area contributed by atoms with Crippen molar-refractivity contribution in [2.75, 3.05) is 12.9 Å². The van der Waals surface area contributed by atoms with Gasteiger partial charge in [0.1, 0.15) is 11.8 Å². The van der Waals surface area contributed by atoms with Gasteiger partial charge in [-0.15, -0.1) is 0 Å². The van der Waals surface area contributed by atoms with Crippen molar-refractivity contribution in [1.82, 2.24) is 5.32 Å². The molecule has 20 heavy (non-hydrogen) atoms. The Balaban J connectivity index is 1.87. The summed E-state index contributed by atoms with van der Waals surface area (Å²) in [6.07, 6.45) is 3.86. The molecule has 2 unspecified atom stereocenters. The molecule has 4 heteroatoms. The van der Waals surface area contributed by atoms with E-state index in [1.54, 1.807) is 7.11 Å². The molecule has 0 bridgehead atoms. The van der Waals surface area contributed by atoms with Crippen molar-refractivity contribution in [3.63, 3.8) is 0 Å². The summed E-state index contributed by atoms with van der Waals surface area (Å²) in [5.41, 5.74) is 1.77. The predicted molar refractivity (Wildman–Crippen MR) is 84.1 cm³/mol. The highest BCUT2D eigenvalue weighted by atomic mass is 32.2. The van der Waals surface area contributed by atoms with Crippen molar-refractivity contribution in [2.24, 2.45) is 0 Å². The van der Waals surface area contributed by atoms with E-state index < -0.39 is 0 Å². The molecule has 108 valence electrons. The Morgan fingerprint density at radius 3 is 3.00 bits per heavy atom. The van der Waals surface area contributed by atoms with Gasteiger partial charge in [0.25, 0.3) is 0 Å². The summed E-state index contributed by atoms with van der Waals surface area (Å²) < 4.78 is 5.24. The summed E-state index contributed by atoms with van der Waals surface area (Å²) in [7, 11) is 1.61. The lowest BCUT2D eigenvalue weighted by Crippen LogP contribution is -2.26. The maximum Gasteiger partial charge on any atom is 0.136 e. The first-order valence-electron chi connectivity index (χ1n) is 7.18. The molecule has 2 rings (SSSR count). The number of benzene rings is 1. The number of thioether (sulfide) groups is 1. The summed E-state index contributed by atoms with van der Waals surface area (Å²) in [4.78, 5) is 0. The van der Waals surface area contributed by atoms with Crippen LogP contribution < -0.4 is 10.1 Å². The van der Waals surface area contributed by atoms with Crippen LogP contribution in [0.4, 0.5) is 0 Å². The van der Waals surface area contributed by atoms with Gasteiger partial charge in [-0.3, -0.25) is 0 Å². The average molecular weight is 290 g/mol. The van der Waals surface area contributed by atoms with E-state index in [1.807, 2.05) is 18.2 Å². The Kier molecular flexibility index (Phi) is 5.75. The van der Waals surface area contributed by atoms with E-state index in [1.165, 1.54) is 30.6 Å². The van der Waals surface area contributed by atoms with Crippen LogP contribution in [0, 0.1) is 11.3 Å². The van der Waals surface area contributed by atoms with E-state index in [-0.39, 0.29) is 0 Å². The molecule has 3 nitrogen and oxygen atoms in total. The van der Waals surface area contributed by atoms with Crippen LogP contribution in [0.25, 0.3) is 0 Å². The SMILES string of the molecule is CCSC1CCC(NCc2ccc(C#N)c(OC)c2)C1. The summed E-state index contributed by atoms with van der Waals surface area (Å²) in [5, 5.41) is 13.4. The van der Waals surface area contributed by atoms with E-state index >= 15 is 0 Å². The molecular formula is C16H22N2OS. The lowest BCUT2D eigenvalue weighted by molar-refractivity contribution is 0.412. The van der Waals surface area contributed by atoms with Gasteiger partial charge >= 0.3 is 0 Å².